The van der Waals surface area contributed by atoms with E-state index >= 15 is 0 Å². The maximum atomic E-state index is 6.02. The average molecular weight is 303 g/mol. The molecule has 4 rings (SSSR count). The lowest BCUT2D eigenvalue weighted by Crippen LogP contribution is -2.27. The lowest BCUT2D eigenvalue weighted by atomic mass is 10.1. The van der Waals surface area contributed by atoms with Crippen molar-refractivity contribution in [3.05, 3.63) is 25.3 Å². The summed E-state index contributed by atoms with van der Waals surface area (Å²) in [6.07, 6.45) is 3.62. The van der Waals surface area contributed by atoms with Crippen LogP contribution in [0.25, 0.3) is 11.2 Å². The van der Waals surface area contributed by atoms with Crippen LogP contribution in [0.4, 0.5) is 5.82 Å². The van der Waals surface area contributed by atoms with Gasteiger partial charge in [-0.2, -0.15) is 0 Å². The molecule has 0 radical (unpaired) electrons. The molecule has 0 aliphatic carbocycles. The monoisotopic (exact) mass is 303 g/mol. The Labute approximate surface area is 126 Å². The molecule has 0 unspecified atom stereocenters. The van der Waals surface area contributed by atoms with Crippen LogP contribution < -0.4 is 5.73 Å². The minimum absolute atomic E-state index is 0.214. The van der Waals surface area contributed by atoms with Gasteiger partial charge < -0.3 is 19.9 Å². The van der Waals surface area contributed by atoms with E-state index in [9.17, 15) is 0 Å². The average Bonchev–Trinajstić information content (AvgIpc) is 3.10. The van der Waals surface area contributed by atoms with Gasteiger partial charge in [0.05, 0.1) is 6.33 Å². The first-order valence-corrected chi connectivity index (χ1v) is 7.07. The first-order valence-electron chi connectivity index (χ1n) is 7.07. The second kappa shape index (κ2) is 4.48. The zero-order chi connectivity index (χ0) is 15.5. The van der Waals surface area contributed by atoms with E-state index in [0.717, 1.165) is 0 Å². The Kier molecular flexibility index (Phi) is 2.77. The first-order chi connectivity index (χ1) is 10.5. The Morgan fingerprint density at radius 2 is 2.05 bits per heavy atom. The molecule has 8 heteroatoms. The van der Waals surface area contributed by atoms with Crippen LogP contribution in [-0.2, 0) is 14.2 Å². The van der Waals surface area contributed by atoms with Crippen LogP contribution in [0.1, 0.15) is 20.1 Å². The molecule has 2 aromatic rings. The van der Waals surface area contributed by atoms with Crippen molar-refractivity contribution >= 4 is 17.0 Å². The molecule has 0 spiro atoms. The van der Waals surface area contributed by atoms with Gasteiger partial charge in [0.1, 0.15) is 30.2 Å². The molecule has 2 aliphatic heterocycles. The molecule has 0 amide bonds. The van der Waals surface area contributed by atoms with Crippen molar-refractivity contribution < 1.29 is 14.2 Å². The van der Waals surface area contributed by atoms with Gasteiger partial charge in [0.2, 0.25) is 0 Å². The van der Waals surface area contributed by atoms with Crippen molar-refractivity contribution in [2.75, 3.05) is 5.73 Å². The highest BCUT2D eigenvalue weighted by Crippen LogP contribution is 2.43. The molecule has 2 N–H and O–H groups in total. The molecule has 2 fully saturated rings. The van der Waals surface area contributed by atoms with Gasteiger partial charge in [-0.3, -0.25) is 4.57 Å². The van der Waals surface area contributed by atoms with Gasteiger partial charge in [-0.25, -0.2) is 15.0 Å². The SMILES string of the molecule is C=C[C@H]1O[C@@H](n2cnc3c(N)ncnc32)[C@@H]2OC(C)(C)O[C@@H]21. The highest BCUT2D eigenvalue weighted by molar-refractivity contribution is 5.81. The fraction of sp³-hybridized carbons (Fsp3) is 0.500. The van der Waals surface area contributed by atoms with E-state index in [4.69, 9.17) is 19.9 Å². The number of anilines is 1. The number of nitrogens with two attached hydrogens (primary N) is 1. The number of nitrogen functional groups attached to an aromatic ring is 1. The van der Waals surface area contributed by atoms with Crippen molar-refractivity contribution in [2.45, 2.75) is 44.2 Å². The summed E-state index contributed by atoms with van der Waals surface area (Å²) in [5.41, 5.74) is 6.98. The number of hydrogen-bond acceptors (Lipinski definition) is 7. The molecule has 2 aromatic heterocycles. The third-order valence-electron chi connectivity index (χ3n) is 3.96. The molecule has 2 aliphatic rings. The number of ether oxygens (including phenoxy) is 3. The van der Waals surface area contributed by atoms with E-state index in [0.29, 0.717) is 17.0 Å². The van der Waals surface area contributed by atoms with E-state index in [-0.39, 0.29) is 18.3 Å². The molecular formula is C14H17N5O3. The van der Waals surface area contributed by atoms with E-state index in [1.54, 1.807) is 17.0 Å². The highest BCUT2D eigenvalue weighted by atomic mass is 16.8. The Balaban J connectivity index is 1.78. The van der Waals surface area contributed by atoms with Gasteiger partial charge in [-0.1, -0.05) is 6.08 Å². The van der Waals surface area contributed by atoms with Crippen LogP contribution in [0.5, 0.6) is 0 Å². The largest absolute Gasteiger partial charge is 0.382 e. The number of imidazole rings is 1. The van der Waals surface area contributed by atoms with Crippen molar-refractivity contribution in [3.63, 3.8) is 0 Å². The molecule has 8 nitrogen and oxygen atoms in total. The molecule has 22 heavy (non-hydrogen) atoms. The highest BCUT2D eigenvalue weighted by Gasteiger charge is 2.55. The molecule has 116 valence electrons. The summed E-state index contributed by atoms with van der Waals surface area (Å²) in [7, 11) is 0. The summed E-state index contributed by atoms with van der Waals surface area (Å²) in [5.74, 6) is -0.328. The molecule has 0 aromatic carbocycles. The molecule has 0 bridgehead atoms. The maximum Gasteiger partial charge on any atom is 0.167 e. The molecule has 0 saturated carbocycles. The van der Waals surface area contributed by atoms with Crippen LogP contribution in [0.2, 0.25) is 0 Å². The molecule has 2 saturated heterocycles. The number of nitrogens with zero attached hydrogens (tertiary/aromatic N) is 4. The van der Waals surface area contributed by atoms with Crippen LogP contribution >= 0.6 is 0 Å². The number of rotatable bonds is 2. The smallest absolute Gasteiger partial charge is 0.167 e. The third kappa shape index (κ3) is 1.84. The van der Waals surface area contributed by atoms with Crippen LogP contribution in [0, 0.1) is 0 Å². The second-order valence-electron chi connectivity index (χ2n) is 5.87. The number of aromatic nitrogens is 4. The van der Waals surface area contributed by atoms with E-state index in [1.165, 1.54) is 6.33 Å². The van der Waals surface area contributed by atoms with E-state index in [2.05, 4.69) is 21.5 Å². The predicted molar refractivity (Wildman–Crippen MR) is 77.7 cm³/mol. The van der Waals surface area contributed by atoms with Crippen molar-refractivity contribution in [3.8, 4) is 0 Å². The maximum absolute atomic E-state index is 6.02. The lowest BCUT2D eigenvalue weighted by Gasteiger charge is -2.23. The normalized spacial score (nSPS) is 33.2. The van der Waals surface area contributed by atoms with Gasteiger partial charge in [-0.15, -0.1) is 6.58 Å². The van der Waals surface area contributed by atoms with E-state index < -0.39 is 12.0 Å². The zero-order valence-electron chi connectivity index (χ0n) is 12.3. The van der Waals surface area contributed by atoms with Gasteiger partial charge >= 0.3 is 0 Å². The quantitative estimate of drug-likeness (QED) is 0.827. The van der Waals surface area contributed by atoms with Crippen molar-refractivity contribution in [1.82, 2.24) is 19.5 Å². The molecular weight excluding hydrogens is 286 g/mol. The molecule has 4 atom stereocenters. The predicted octanol–water partition coefficient (Wildman–Crippen LogP) is 1.01. The van der Waals surface area contributed by atoms with E-state index in [1.807, 2.05) is 13.8 Å². The number of fused-ring (bicyclic) bond motifs is 2. The summed E-state index contributed by atoms with van der Waals surface area (Å²) >= 11 is 0. The third-order valence-corrected chi connectivity index (χ3v) is 3.96. The van der Waals surface area contributed by atoms with Crippen molar-refractivity contribution in [1.29, 1.82) is 0 Å². The van der Waals surface area contributed by atoms with Crippen LogP contribution in [0.15, 0.2) is 25.3 Å². The second-order valence-corrected chi connectivity index (χ2v) is 5.87. The van der Waals surface area contributed by atoms with Crippen molar-refractivity contribution in [2.24, 2.45) is 0 Å². The Morgan fingerprint density at radius 1 is 1.27 bits per heavy atom. The Bertz CT molecular complexity index is 743. The van der Waals surface area contributed by atoms with Gasteiger partial charge in [-0.05, 0) is 13.8 Å². The van der Waals surface area contributed by atoms with Gasteiger partial charge in [0.25, 0.3) is 0 Å². The standard InChI is InChI=1S/C14H17N5O3/c1-4-7-9-10(22-14(2,3)21-9)13(20-7)19-6-18-8-11(15)16-5-17-12(8)19/h4-7,9-10,13H,1H2,2-3H3,(H2,15,16,17)/t7-,9-,10-,13-/m1/s1. The fourth-order valence-electron chi connectivity index (χ4n) is 3.08. The first kappa shape index (κ1) is 13.6. The van der Waals surface area contributed by atoms with Gasteiger partial charge in [0.15, 0.2) is 23.5 Å². The van der Waals surface area contributed by atoms with Crippen LogP contribution in [0.3, 0.4) is 0 Å². The summed E-state index contributed by atoms with van der Waals surface area (Å²) in [5, 5.41) is 0. The molecule has 4 heterocycles. The Morgan fingerprint density at radius 3 is 2.82 bits per heavy atom. The summed E-state index contributed by atoms with van der Waals surface area (Å²) in [4.78, 5) is 12.5. The fourth-order valence-corrected chi connectivity index (χ4v) is 3.08. The zero-order valence-corrected chi connectivity index (χ0v) is 12.3. The minimum Gasteiger partial charge on any atom is -0.382 e. The summed E-state index contributed by atoms with van der Waals surface area (Å²) in [6.45, 7) is 7.58. The summed E-state index contributed by atoms with van der Waals surface area (Å²) in [6, 6.07) is 0. The minimum atomic E-state index is -0.664. The lowest BCUT2D eigenvalue weighted by molar-refractivity contribution is -0.191. The number of hydrogen-bond donors (Lipinski definition) is 1. The van der Waals surface area contributed by atoms with Gasteiger partial charge in [0, 0.05) is 0 Å². The Hall–Kier alpha value is -2.03. The van der Waals surface area contributed by atoms with Crippen LogP contribution in [-0.4, -0.2) is 43.6 Å². The summed E-state index contributed by atoms with van der Waals surface area (Å²) < 4.78 is 19.8. The topological polar surface area (TPSA) is 97.3 Å².